The number of aromatic nitrogens is 1. The molecule has 0 N–H and O–H groups in total. The third-order valence-electron chi connectivity index (χ3n) is 3.61. The van der Waals surface area contributed by atoms with Gasteiger partial charge < -0.3 is 4.90 Å². The van der Waals surface area contributed by atoms with Crippen LogP contribution in [0.5, 0.6) is 0 Å². The monoisotopic (exact) mass is 174 g/mol. The van der Waals surface area contributed by atoms with E-state index in [1.54, 1.807) is 0 Å². The molecule has 2 bridgehead atoms. The minimum Gasteiger partial charge on any atom is -0.302 e. The van der Waals surface area contributed by atoms with E-state index in [4.69, 9.17) is 0 Å². The van der Waals surface area contributed by atoms with Crippen molar-refractivity contribution in [3.8, 4) is 0 Å². The summed E-state index contributed by atoms with van der Waals surface area (Å²) in [7, 11) is 0. The van der Waals surface area contributed by atoms with Gasteiger partial charge in [-0.1, -0.05) is 6.07 Å². The zero-order valence-electron chi connectivity index (χ0n) is 7.74. The molecule has 1 aromatic heterocycles. The summed E-state index contributed by atoms with van der Waals surface area (Å²) in [5.41, 5.74) is 1.92. The van der Waals surface area contributed by atoms with Gasteiger partial charge in [0, 0.05) is 24.4 Å². The molecule has 0 saturated carbocycles. The van der Waals surface area contributed by atoms with Crippen LogP contribution in [0.1, 0.15) is 18.4 Å². The van der Waals surface area contributed by atoms with Gasteiger partial charge in [-0.05, 0) is 37.6 Å². The Morgan fingerprint density at radius 3 is 2.69 bits per heavy atom. The van der Waals surface area contributed by atoms with Crippen LogP contribution in [-0.2, 0) is 5.41 Å². The lowest BCUT2D eigenvalue weighted by Crippen LogP contribution is -2.24. The van der Waals surface area contributed by atoms with E-state index < -0.39 is 0 Å². The molecule has 0 aliphatic carbocycles. The summed E-state index contributed by atoms with van der Waals surface area (Å²) in [6, 6.07) is 4.30. The highest BCUT2D eigenvalue weighted by Gasteiger charge is 2.44. The molecule has 13 heavy (non-hydrogen) atoms. The molecule has 1 aromatic rings. The van der Waals surface area contributed by atoms with E-state index in [0.29, 0.717) is 5.41 Å². The third kappa shape index (κ3) is 1.02. The fraction of sp³-hybridized carbons (Fsp3) is 0.545. The molecule has 3 heterocycles. The Labute approximate surface area is 78.6 Å². The average molecular weight is 174 g/mol. The maximum absolute atomic E-state index is 4.22. The van der Waals surface area contributed by atoms with E-state index in [1.807, 2.05) is 6.20 Å². The quantitative estimate of drug-likeness (QED) is 0.640. The van der Waals surface area contributed by atoms with Crippen LogP contribution >= 0.6 is 0 Å². The Balaban J connectivity index is 2.00. The second kappa shape index (κ2) is 2.55. The number of hydrogen-bond donors (Lipinski definition) is 0. The molecule has 0 atom stereocenters. The van der Waals surface area contributed by atoms with Gasteiger partial charge in [0.2, 0.25) is 0 Å². The molecule has 2 fully saturated rings. The SMILES string of the molecule is c1cncc(C23CCN(CC2)C3)c1. The molecule has 0 amide bonds. The standard InChI is InChI=1S/C11H14N2/c1-2-10(8-12-5-1)11-3-6-13(9-11)7-4-11/h1-2,5,8H,3-4,6-7,9H2. The van der Waals surface area contributed by atoms with Gasteiger partial charge in [-0.15, -0.1) is 0 Å². The normalized spacial score (nSPS) is 36.8. The van der Waals surface area contributed by atoms with E-state index in [1.165, 1.54) is 38.0 Å². The first-order valence-corrected chi connectivity index (χ1v) is 5.02. The van der Waals surface area contributed by atoms with Crippen molar-refractivity contribution in [3.63, 3.8) is 0 Å². The van der Waals surface area contributed by atoms with Gasteiger partial charge in [-0.2, -0.15) is 0 Å². The molecule has 68 valence electrons. The topological polar surface area (TPSA) is 16.1 Å². The van der Waals surface area contributed by atoms with Crippen LogP contribution in [-0.4, -0.2) is 29.5 Å². The summed E-state index contributed by atoms with van der Waals surface area (Å²) >= 11 is 0. The molecule has 0 radical (unpaired) electrons. The van der Waals surface area contributed by atoms with E-state index in [-0.39, 0.29) is 0 Å². The van der Waals surface area contributed by atoms with Crippen LogP contribution in [0.3, 0.4) is 0 Å². The van der Waals surface area contributed by atoms with Crippen LogP contribution in [0, 0.1) is 0 Å². The van der Waals surface area contributed by atoms with Crippen LogP contribution in [0.25, 0.3) is 0 Å². The highest BCUT2D eigenvalue weighted by atomic mass is 15.2. The molecule has 0 spiro atoms. The lowest BCUT2D eigenvalue weighted by molar-refractivity contribution is 0.364. The van der Waals surface area contributed by atoms with Gasteiger partial charge in [0.05, 0.1) is 0 Å². The van der Waals surface area contributed by atoms with E-state index >= 15 is 0 Å². The van der Waals surface area contributed by atoms with Gasteiger partial charge in [-0.3, -0.25) is 4.98 Å². The molecule has 2 saturated heterocycles. The van der Waals surface area contributed by atoms with Crippen LogP contribution in [0.2, 0.25) is 0 Å². The lowest BCUT2D eigenvalue weighted by Gasteiger charge is -2.24. The van der Waals surface area contributed by atoms with Crippen molar-refractivity contribution in [2.24, 2.45) is 0 Å². The van der Waals surface area contributed by atoms with Gasteiger partial charge in [-0.25, -0.2) is 0 Å². The van der Waals surface area contributed by atoms with E-state index in [9.17, 15) is 0 Å². The Hall–Kier alpha value is -0.890. The van der Waals surface area contributed by atoms with Crippen molar-refractivity contribution >= 4 is 0 Å². The molecule has 3 rings (SSSR count). The first kappa shape index (κ1) is 7.51. The van der Waals surface area contributed by atoms with E-state index in [2.05, 4.69) is 28.2 Å². The fourth-order valence-corrected chi connectivity index (χ4v) is 2.78. The van der Waals surface area contributed by atoms with Crippen molar-refractivity contribution in [1.82, 2.24) is 9.88 Å². The molecule has 2 aliphatic heterocycles. The summed E-state index contributed by atoms with van der Waals surface area (Å²) in [5.74, 6) is 0. The lowest BCUT2D eigenvalue weighted by atomic mass is 9.79. The fourth-order valence-electron chi connectivity index (χ4n) is 2.78. The zero-order valence-corrected chi connectivity index (χ0v) is 7.74. The predicted molar refractivity (Wildman–Crippen MR) is 51.6 cm³/mol. The third-order valence-corrected chi connectivity index (χ3v) is 3.61. The van der Waals surface area contributed by atoms with Gasteiger partial charge in [0.15, 0.2) is 0 Å². The minimum absolute atomic E-state index is 0.467. The molecular weight excluding hydrogens is 160 g/mol. The number of nitrogens with zero attached hydrogens (tertiary/aromatic N) is 2. The predicted octanol–water partition coefficient (Wildman–Crippen LogP) is 1.43. The maximum atomic E-state index is 4.22. The number of rotatable bonds is 1. The summed E-state index contributed by atoms with van der Waals surface area (Å²) in [5, 5.41) is 0. The second-order valence-electron chi connectivity index (χ2n) is 4.30. The minimum atomic E-state index is 0.467. The molecule has 2 aliphatic rings. The Morgan fingerprint density at radius 2 is 2.15 bits per heavy atom. The number of fused-ring (bicyclic) bond motifs is 2. The van der Waals surface area contributed by atoms with Crippen molar-refractivity contribution < 1.29 is 0 Å². The first-order valence-electron chi connectivity index (χ1n) is 5.02. The summed E-state index contributed by atoms with van der Waals surface area (Å²) in [6.07, 6.45) is 6.58. The van der Waals surface area contributed by atoms with Crippen molar-refractivity contribution in [2.45, 2.75) is 18.3 Å². The van der Waals surface area contributed by atoms with Crippen LogP contribution in [0.4, 0.5) is 0 Å². The molecule has 2 nitrogen and oxygen atoms in total. The van der Waals surface area contributed by atoms with Crippen LogP contribution < -0.4 is 0 Å². The van der Waals surface area contributed by atoms with Gasteiger partial charge >= 0.3 is 0 Å². The second-order valence-corrected chi connectivity index (χ2v) is 4.30. The summed E-state index contributed by atoms with van der Waals surface area (Å²) < 4.78 is 0. The number of hydrogen-bond acceptors (Lipinski definition) is 2. The van der Waals surface area contributed by atoms with Crippen LogP contribution in [0.15, 0.2) is 24.5 Å². The number of pyridine rings is 1. The average Bonchev–Trinajstić information content (AvgIpc) is 2.80. The molecule has 0 aromatic carbocycles. The van der Waals surface area contributed by atoms with Crippen molar-refractivity contribution in [1.29, 1.82) is 0 Å². The van der Waals surface area contributed by atoms with Gasteiger partial charge in [0.25, 0.3) is 0 Å². The van der Waals surface area contributed by atoms with E-state index in [0.717, 1.165) is 0 Å². The Bertz CT molecular complexity index is 299. The molecular formula is C11H14N2. The Kier molecular flexibility index (Phi) is 1.47. The van der Waals surface area contributed by atoms with Crippen molar-refractivity contribution in [2.75, 3.05) is 19.6 Å². The Morgan fingerprint density at radius 1 is 1.31 bits per heavy atom. The highest BCUT2D eigenvalue weighted by molar-refractivity contribution is 5.26. The van der Waals surface area contributed by atoms with Gasteiger partial charge in [0.1, 0.15) is 0 Å². The first-order chi connectivity index (χ1) is 6.39. The zero-order chi connectivity index (χ0) is 8.73. The van der Waals surface area contributed by atoms with Crippen molar-refractivity contribution in [3.05, 3.63) is 30.1 Å². The summed E-state index contributed by atoms with van der Waals surface area (Å²) in [6.45, 7) is 3.84. The summed E-state index contributed by atoms with van der Waals surface area (Å²) in [4.78, 5) is 6.78. The molecule has 0 unspecified atom stereocenters. The maximum Gasteiger partial charge on any atom is 0.0306 e. The number of piperidine rings is 1. The smallest absolute Gasteiger partial charge is 0.0306 e. The molecule has 2 heteroatoms. The largest absolute Gasteiger partial charge is 0.302 e. The highest BCUT2D eigenvalue weighted by Crippen LogP contribution is 2.42.